The van der Waals surface area contributed by atoms with Gasteiger partial charge in [0, 0.05) is 12.1 Å². The highest BCUT2D eigenvalue weighted by Crippen LogP contribution is 2.53. The predicted molar refractivity (Wildman–Crippen MR) is 87.1 cm³/mol. The van der Waals surface area contributed by atoms with Crippen molar-refractivity contribution in [1.29, 1.82) is 0 Å². The van der Waals surface area contributed by atoms with E-state index in [-0.39, 0.29) is 6.04 Å². The van der Waals surface area contributed by atoms with E-state index in [1.165, 1.54) is 19.3 Å². The van der Waals surface area contributed by atoms with Crippen LogP contribution in [-0.4, -0.2) is 40.3 Å². The lowest BCUT2D eigenvalue weighted by Crippen LogP contribution is -2.43. The Hall–Kier alpha value is -1.14. The molecule has 0 amide bonds. The van der Waals surface area contributed by atoms with Gasteiger partial charge in [0.2, 0.25) is 0 Å². The number of fused-ring (bicyclic) bond motifs is 2. The molecule has 6 nitrogen and oxygen atoms in total. The van der Waals surface area contributed by atoms with Crippen molar-refractivity contribution in [3.05, 3.63) is 0 Å². The van der Waals surface area contributed by atoms with Crippen molar-refractivity contribution in [2.24, 2.45) is 17.1 Å². The van der Waals surface area contributed by atoms with Gasteiger partial charge < -0.3 is 21.3 Å². The van der Waals surface area contributed by atoms with Crippen LogP contribution in [0.2, 0.25) is 0 Å². The molecule has 3 saturated carbocycles. The summed E-state index contributed by atoms with van der Waals surface area (Å²) < 4.78 is 0. The molecule has 3 rings (SSSR count). The fraction of sp³-hybridized carbons (Fsp3) is 0.882. The monoisotopic (exact) mass is 326 g/mol. The maximum absolute atomic E-state index is 10.9. The summed E-state index contributed by atoms with van der Waals surface area (Å²) in [4.78, 5) is 21.4. The Kier molecular flexibility index (Phi) is 6.03. The van der Waals surface area contributed by atoms with Gasteiger partial charge in [0.25, 0.3) is 0 Å². The molecular weight excluding hydrogens is 296 g/mol. The van der Waals surface area contributed by atoms with Crippen LogP contribution in [0, 0.1) is 11.3 Å². The lowest BCUT2D eigenvalue weighted by atomic mass is 9.80. The Bertz CT molecular complexity index is 436. The number of nitrogens with one attached hydrogen (secondary N) is 1. The Morgan fingerprint density at radius 1 is 1.17 bits per heavy atom. The number of carboxylic acids is 2. The molecule has 0 saturated heterocycles. The van der Waals surface area contributed by atoms with Crippen LogP contribution in [0.15, 0.2) is 0 Å². The summed E-state index contributed by atoms with van der Waals surface area (Å²) in [5.74, 6) is -0.827. The number of aliphatic carboxylic acids is 2. The van der Waals surface area contributed by atoms with Gasteiger partial charge in [0.05, 0.1) is 5.41 Å². The molecule has 23 heavy (non-hydrogen) atoms. The van der Waals surface area contributed by atoms with E-state index >= 15 is 0 Å². The van der Waals surface area contributed by atoms with Gasteiger partial charge in [0.1, 0.15) is 6.04 Å². The van der Waals surface area contributed by atoms with Crippen LogP contribution in [0.1, 0.15) is 64.7 Å². The van der Waals surface area contributed by atoms with Gasteiger partial charge in [-0.05, 0) is 51.4 Å². The van der Waals surface area contributed by atoms with Crippen LogP contribution in [0.25, 0.3) is 0 Å². The topological polar surface area (TPSA) is 113 Å². The number of hydrogen-bond donors (Lipinski definition) is 4. The third-order valence-corrected chi connectivity index (χ3v) is 5.84. The number of carbonyl (C=O) groups is 2. The third kappa shape index (κ3) is 4.23. The van der Waals surface area contributed by atoms with Crippen LogP contribution in [-0.2, 0) is 9.59 Å². The fourth-order valence-electron chi connectivity index (χ4n) is 4.35. The Morgan fingerprint density at radius 2 is 1.83 bits per heavy atom. The molecule has 4 atom stereocenters. The van der Waals surface area contributed by atoms with Crippen LogP contribution >= 0.6 is 0 Å². The zero-order chi connectivity index (χ0) is 17.0. The minimum Gasteiger partial charge on any atom is -0.481 e. The smallest absolute Gasteiger partial charge is 0.320 e. The van der Waals surface area contributed by atoms with Crippen molar-refractivity contribution in [2.75, 3.05) is 0 Å². The maximum Gasteiger partial charge on any atom is 0.320 e. The second kappa shape index (κ2) is 7.62. The third-order valence-electron chi connectivity index (χ3n) is 5.84. The zero-order valence-electron chi connectivity index (χ0n) is 14.0. The van der Waals surface area contributed by atoms with Crippen molar-refractivity contribution >= 4 is 11.9 Å². The summed E-state index contributed by atoms with van der Waals surface area (Å²) in [6, 6.07) is -0.0447. The van der Waals surface area contributed by atoms with E-state index in [0.717, 1.165) is 38.5 Å². The summed E-state index contributed by atoms with van der Waals surface area (Å²) in [6.07, 6.45) is 9.67. The van der Waals surface area contributed by atoms with Gasteiger partial charge in [-0.25, -0.2) is 0 Å². The van der Waals surface area contributed by atoms with Gasteiger partial charge >= 0.3 is 11.9 Å². The Morgan fingerprint density at radius 3 is 2.22 bits per heavy atom. The second-order valence-electron chi connectivity index (χ2n) is 7.47. The molecular formula is C17H30N2O4. The highest BCUT2D eigenvalue weighted by molar-refractivity contribution is 5.76. The second-order valence-corrected chi connectivity index (χ2v) is 7.47. The molecule has 3 unspecified atom stereocenters. The van der Waals surface area contributed by atoms with Gasteiger partial charge in [-0.1, -0.05) is 19.3 Å². The lowest BCUT2D eigenvalue weighted by Gasteiger charge is -2.27. The highest BCUT2D eigenvalue weighted by Gasteiger charge is 2.55. The molecule has 5 N–H and O–H groups in total. The molecule has 0 spiro atoms. The van der Waals surface area contributed by atoms with Crippen LogP contribution in [0.4, 0.5) is 0 Å². The van der Waals surface area contributed by atoms with E-state index in [1.807, 2.05) is 0 Å². The fourth-order valence-corrected chi connectivity index (χ4v) is 4.35. The van der Waals surface area contributed by atoms with E-state index in [1.54, 1.807) is 6.92 Å². The largest absolute Gasteiger partial charge is 0.481 e. The van der Waals surface area contributed by atoms with Gasteiger partial charge in [-0.3, -0.25) is 9.59 Å². The number of hydrogen-bond acceptors (Lipinski definition) is 4. The molecule has 0 heterocycles. The van der Waals surface area contributed by atoms with Gasteiger partial charge in [-0.15, -0.1) is 0 Å². The molecule has 6 heteroatoms. The molecule has 2 bridgehead atoms. The predicted octanol–water partition coefficient (Wildman–Crippen LogP) is 1.97. The summed E-state index contributed by atoms with van der Waals surface area (Å²) >= 11 is 0. The van der Waals surface area contributed by atoms with Crippen molar-refractivity contribution in [2.45, 2.75) is 82.8 Å². The first kappa shape index (κ1) is 18.2. The lowest BCUT2D eigenvalue weighted by molar-refractivity contribution is -0.149. The molecule has 0 radical (unpaired) electrons. The maximum atomic E-state index is 10.9. The molecule has 132 valence electrons. The minimum atomic E-state index is -0.749. The van der Waals surface area contributed by atoms with Gasteiger partial charge in [-0.2, -0.15) is 0 Å². The van der Waals surface area contributed by atoms with Crippen LogP contribution < -0.4 is 11.1 Å². The molecule has 0 aromatic carbocycles. The highest BCUT2D eigenvalue weighted by atomic mass is 16.4. The average Bonchev–Trinajstić information content (AvgIpc) is 3.07. The van der Waals surface area contributed by atoms with E-state index in [9.17, 15) is 9.59 Å². The molecule has 3 fully saturated rings. The van der Waals surface area contributed by atoms with E-state index < -0.39 is 23.4 Å². The zero-order valence-corrected chi connectivity index (χ0v) is 14.0. The molecule has 3 aliphatic carbocycles. The van der Waals surface area contributed by atoms with E-state index in [4.69, 9.17) is 15.9 Å². The molecule has 0 aliphatic heterocycles. The van der Waals surface area contributed by atoms with Crippen molar-refractivity contribution in [3.8, 4) is 0 Å². The molecule has 0 aromatic heterocycles. The normalized spacial score (nSPS) is 34.5. The Balaban J connectivity index is 0.000000167. The van der Waals surface area contributed by atoms with Gasteiger partial charge in [0.15, 0.2) is 0 Å². The number of nitrogens with two attached hydrogens (primary N) is 1. The van der Waals surface area contributed by atoms with E-state index in [2.05, 4.69) is 5.32 Å². The Labute approximate surface area is 137 Å². The molecule has 3 aliphatic rings. The number of rotatable bonds is 4. The van der Waals surface area contributed by atoms with Crippen LogP contribution in [0.3, 0.4) is 0 Å². The summed E-state index contributed by atoms with van der Waals surface area (Å²) in [5.41, 5.74) is 5.24. The van der Waals surface area contributed by atoms with E-state index in [0.29, 0.717) is 12.0 Å². The summed E-state index contributed by atoms with van der Waals surface area (Å²) in [6.45, 7) is 1.71. The minimum absolute atomic E-state index is 0.0845. The summed E-state index contributed by atoms with van der Waals surface area (Å²) in [5, 5.41) is 20.7. The van der Waals surface area contributed by atoms with Crippen molar-refractivity contribution < 1.29 is 19.8 Å². The molecule has 0 aromatic rings. The SMILES string of the molecule is C[C@H](NC1CCCCC1)C(=O)O.NC1CC2CCC1(C(=O)O)C2. The first-order chi connectivity index (χ1) is 10.8. The summed E-state index contributed by atoms with van der Waals surface area (Å²) in [7, 11) is 0. The average molecular weight is 326 g/mol. The standard InChI is InChI=1S/C9H17NO2.C8H13NO2/c1-7(9(11)12)10-8-5-3-2-4-6-8;9-6-3-5-1-2-8(6,4-5)7(10)11/h7-8,10H,2-6H2,1H3,(H,11,12);5-6H,1-4,9H2,(H,10,11)/t7-;/m0./s1. The first-order valence-electron chi connectivity index (χ1n) is 8.83. The number of carboxylic acid groups (broad SMARTS) is 2. The quantitative estimate of drug-likeness (QED) is 0.628. The van der Waals surface area contributed by atoms with Crippen molar-refractivity contribution in [3.63, 3.8) is 0 Å². The first-order valence-corrected chi connectivity index (χ1v) is 8.83. The van der Waals surface area contributed by atoms with Crippen LogP contribution in [0.5, 0.6) is 0 Å². The van der Waals surface area contributed by atoms with Crippen molar-refractivity contribution in [1.82, 2.24) is 5.32 Å².